The maximum absolute atomic E-state index is 7.35. The second-order valence-electron chi connectivity index (χ2n) is 14.5. The van der Waals surface area contributed by atoms with E-state index < -0.39 is 71.6 Å². The van der Waals surface area contributed by atoms with Crippen molar-refractivity contribution in [2.45, 2.75) is 201 Å². The Morgan fingerprint density at radius 3 is 1.04 bits per heavy atom. The van der Waals surface area contributed by atoms with Gasteiger partial charge in [-0.15, -0.1) is 0 Å². The summed E-state index contributed by atoms with van der Waals surface area (Å²) in [6.07, 6.45) is 20.3. The van der Waals surface area contributed by atoms with Crippen LogP contribution in [0.1, 0.15) is 165 Å². The van der Waals surface area contributed by atoms with E-state index in [0.29, 0.717) is 0 Å². The molecule has 50 heavy (non-hydrogen) atoms. The molecular formula is C40H82Br2O4Sn4. The van der Waals surface area contributed by atoms with Crippen LogP contribution in [0.15, 0.2) is 30.3 Å². The molecule has 0 aromatic heterocycles. The van der Waals surface area contributed by atoms with Crippen LogP contribution in [0.25, 0.3) is 0 Å². The molecule has 0 unspecified atom stereocenters. The summed E-state index contributed by atoms with van der Waals surface area (Å²) in [5.41, 5.74) is 0. The number of unbranched alkanes of at least 4 members (excludes halogenated alkanes) is 8. The van der Waals surface area contributed by atoms with Crippen molar-refractivity contribution in [1.82, 2.24) is 0 Å². The molecule has 0 radical (unpaired) electrons. The first-order valence-corrected chi connectivity index (χ1v) is 57.1. The average molecular weight is 1260 g/mol. The first kappa shape index (κ1) is 53.1. The Kier molecular flexibility index (Phi) is 35.1. The van der Waals surface area contributed by atoms with Gasteiger partial charge in [0.05, 0.1) is 0 Å². The van der Waals surface area contributed by atoms with Crippen LogP contribution in [0.2, 0.25) is 35.5 Å². The Labute approximate surface area is 344 Å². The molecular weight excluding hydrogens is 1180 g/mol. The summed E-state index contributed by atoms with van der Waals surface area (Å²) < 4.78 is 38.1. The Balaban J connectivity index is 0.000000974. The SMILES string of the molecule is CCC[CH2][Sn]([Br])([CH2]CCC)[O][Sn]([CH2]CCC)([CH2]CCC)[O]CC.CCC[CH2][Sn]([Br])([CH2]CCC)[O][Sn]([CH2]CCC)([CH2]CCC)[O]c1ccccc1. The first-order valence-electron chi connectivity index (χ1n) is 21.2. The quantitative estimate of drug-likeness (QED) is 0.0674. The van der Waals surface area contributed by atoms with Crippen molar-refractivity contribution in [2.24, 2.45) is 0 Å². The predicted molar refractivity (Wildman–Crippen MR) is 239 cm³/mol. The Morgan fingerprint density at radius 2 is 0.720 bits per heavy atom. The van der Waals surface area contributed by atoms with Crippen LogP contribution in [0.3, 0.4) is 0 Å². The van der Waals surface area contributed by atoms with Crippen LogP contribution in [-0.2, 0) is 5.90 Å². The number of benzene rings is 1. The molecule has 0 spiro atoms. The van der Waals surface area contributed by atoms with Gasteiger partial charge in [0, 0.05) is 0 Å². The molecule has 0 bridgehead atoms. The number of hydrogen-bond acceptors (Lipinski definition) is 4. The van der Waals surface area contributed by atoms with Gasteiger partial charge in [-0.2, -0.15) is 0 Å². The van der Waals surface area contributed by atoms with Crippen molar-refractivity contribution in [3.63, 3.8) is 0 Å². The molecule has 10 heteroatoms. The van der Waals surface area contributed by atoms with Gasteiger partial charge in [-0.25, -0.2) is 0 Å². The summed E-state index contributed by atoms with van der Waals surface area (Å²) in [6, 6.07) is 10.5. The van der Waals surface area contributed by atoms with E-state index in [2.05, 4.69) is 118 Å². The van der Waals surface area contributed by atoms with Crippen LogP contribution in [0.4, 0.5) is 0 Å². The summed E-state index contributed by atoms with van der Waals surface area (Å²) in [7, 11) is 0. The number of halogens is 2. The standard InChI is InChI=1S/C6H6O.8C4H9.C2H5O.2BrH.2O.4Sn/c7-6-4-2-1-3-5-6;8*1-3-4-2;1-2-3;;;;;;;;/h1-5,7H;8*1,3-4H2,2H3;2H2,1H3;2*1H;;;;;;/q;;;;;;;;;-1;;;;;4*+1/p-3. The summed E-state index contributed by atoms with van der Waals surface area (Å²) in [5.74, 6) is 1.03. The monoisotopic (exact) mass is 1260 g/mol. The summed E-state index contributed by atoms with van der Waals surface area (Å²) in [6.45, 7) is 21.4. The topological polar surface area (TPSA) is 36.9 Å². The molecule has 1 aromatic carbocycles. The molecule has 0 amide bonds. The van der Waals surface area contributed by atoms with Crippen LogP contribution in [-0.4, -0.2) is 78.2 Å². The minimum atomic E-state index is -3.19. The van der Waals surface area contributed by atoms with E-state index in [4.69, 9.17) is 8.97 Å². The van der Waals surface area contributed by atoms with Crippen molar-refractivity contribution in [1.29, 1.82) is 0 Å². The molecule has 1 aromatic rings. The molecule has 0 N–H and O–H groups in total. The van der Waals surface area contributed by atoms with Gasteiger partial charge < -0.3 is 0 Å². The molecule has 1 rings (SSSR count). The zero-order valence-electron chi connectivity index (χ0n) is 34.5. The van der Waals surface area contributed by atoms with Crippen molar-refractivity contribution < 1.29 is 8.97 Å². The van der Waals surface area contributed by atoms with Crippen LogP contribution in [0.5, 0.6) is 5.75 Å². The van der Waals surface area contributed by atoms with Gasteiger partial charge in [-0.05, 0) is 0 Å². The molecule has 296 valence electrons. The zero-order chi connectivity index (χ0) is 37.6. The van der Waals surface area contributed by atoms with E-state index in [1.54, 1.807) is 0 Å². The molecule has 0 aliphatic heterocycles. The number of rotatable bonds is 32. The van der Waals surface area contributed by atoms with Crippen molar-refractivity contribution >= 4 is 97.0 Å². The summed E-state index contributed by atoms with van der Waals surface area (Å²) in [5, 5.41) is 0. The van der Waals surface area contributed by atoms with Gasteiger partial charge in [0.2, 0.25) is 0 Å². The molecule has 0 aliphatic carbocycles. The van der Waals surface area contributed by atoms with E-state index in [0.717, 1.165) is 12.4 Å². The Hall–Kier alpha value is 3.05. The summed E-state index contributed by atoms with van der Waals surface area (Å²) in [4.78, 5) is 0. The fraction of sp³-hybridized carbons (Fsp3) is 0.850. The van der Waals surface area contributed by atoms with Gasteiger partial charge in [0.25, 0.3) is 0 Å². The van der Waals surface area contributed by atoms with E-state index >= 15 is 0 Å². The second-order valence-corrected chi connectivity index (χ2v) is 76.1. The molecule has 0 heterocycles. The van der Waals surface area contributed by atoms with Crippen molar-refractivity contribution in [3.8, 4) is 5.75 Å². The fourth-order valence-electron chi connectivity index (χ4n) is 6.39. The van der Waals surface area contributed by atoms with E-state index in [9.17, 15) is 0 Å². The third kappa shape index (κ3) is 24.6. The van der Waals surface area contributed by atoms with Gasteiger partial charge >= 0.3 is 349 Å². The van der Waals surface area contributed by atoms with Crippen LogP contribution >= 0.6 is 25.4 Å². The van der Waals surface area contributed by atoms with E-state index in [1.165, 1.54) is 138 Å². The summed E-state index contributed by atoms with van der Waals surface area (Å²) >= 11 is -2.97. The molecule has 4 nitrogen and oxygen atoms in total. The van der Waals surface area contributed by atoms with Gasteiger partial charge in [0.1, 0.15) is 0 Å². The fourth-order valence-corrected chi connectivity index (χ4v) is 118. The Morgan fingerprint density at radius 1 is 0.420 bits per heavy atom. The van der Waals surface area contributed by atoms with Gasteiger partial charge in [-0.1, -0.05) is 0 Å². The third-order valence-corrected chi connectivity index (χ3v) is 96.5. The number of hydrogen-bond donors (Lipinski definition) is 0. The van der Waals surface area contributed by atoms with Crippen LogP contribution < -0.4 is 3.07 Å². The van der Waals surface area contributed by atoms with Gasteiger partial charge in [-0.3, -0.25) is 0 Å². The van der Waals surface area contributed by atoms with Gasteiger partial charge in [0.15, 0.2) is 0 Å². The minimum absolute atomic E-state index is 0.847. The molecule has 0 saturated heterocycles. The van der Waals surface area contributed by atoms with E-state index in [-0.39, 0.29) is 0 Å². The zero-order valence-corrected chi connectivity index (χ0v) is 49.0. The third-order valence-electron chi connectivity index (χ3n) is 9.45. The average Bonchev–Trinajstić information content (AvgIpc) is 3.12. The van der Waals surface area contributed by atoms with Crippen LogP contribution in [0, 0.1) is 0 Å². The maximum atomic E-state index is 7.35. The predicted octanol–water partition coefficient (Wildman–Crippen LogP) is 16.1. The normalized spacial score (nSPS) is 12.5. The molecule has 0 saturated carbocycles. The second kappa shape index (κ2) is 33.1. The molecule has 0 fully saturated rings. The number of para-hydroxylation sites is 1. The first-order chi connectivity index (χ1) is 24.0. The van der Waals surface area contributed by atoms with Crippen molar-refractivity contribution in [3.05, 3.63) is 30.3 Å². The van der Waals surface area contributed by atoms with Crippen molar-refractivity contribution in [2.75, 3.05) is 6.61 Å². The van der Waals surface area contributed by atoms with E-state index in [1.807, 2.05) is 0 Å². The molecule has 0 atom stereocenters. The molecule has 0 aliphatic rings. The Bertz CT molecular complexity index is 867.